The largest absolute Gasteiger partial charge is 0.497 e. The van der Waals surface area contributed by atoms with Crippen molar-refractivity contribution >= 4 is 0 Å². The van der Waals surface area contributed by atoms with Crippen LogP contribution in [0.4, 0.5) is 0 Å². The Labute approximate surface area is 101 Å². The van der Waals surface area contributed by atoms with Gasteiger partial charge in [0, 0.05) is 18.8 Å². The molecule has 3 heteroatoms. The lowest BCUT2D eigenvalue weighted by atomic mass is 10.0. The zero-order valence-corrected chi connectivity index (χ0v) is 9.71. The van der Waals surface area contributed by atoms with E-state index in [0.29, 0.717) is 6.42 Å². The number of pyridine rings is 1. The lowest BCUT2D eigenvalue weighted by Gasteiger charge is -2.11. The van der Waals surface area contributed by atoms with Crippen LogP contribution in [-0.2, 0) is 6.42 Å². The average Bonchev–Trinajstić information content (AvgIpc) is 2.40. The summed E-state index contributed by atoms with van der Waals surface area (Å²) in [6, 6.07) is 11.3. The van der Waals surface area contributed by atoms with E-state index in [2.05, 4.69) is 4.98 Å². The molecule has 0 aliphatic carbocycles. The Morgan fingerprint density at radius 2 is 2.00 bits per heavy atom. The third kappa shape index (κ3) is 3.04. The van der Waals surface area contributed by atoms with Crippen LogP contribution in [0.5, 0.6) is 5.75 Å². The number of ether oxygens (including phenoxy) is 1. The summed E-state index contributed by atoms with van der Waals surface area (Å²) >= 11 is 0. The van der Waals surface area contributed by atoms with Crippen LogP contribution in [0.1, 0.15) is 17.2 Å². The van der Waals surface area contributed by atoms with Gasteiger partial charge in [0.15, 0.2) is 0 Å². The van der Waals surface area contributed by atoms with Gasteiger partial charge in [0.1, 0.15) is 5.75 Å². The van der Waals surface area contributed by atoms with Gasteiger partial charge < -0.3 is 9.84 Å². The van der Waals surface area contributed by atoms with E-state index in [1.165, 1.54) is 0 Å². The number of hydrogen-bond acceptors (Lipinski definition) is 3. The molecular weight excluding hydrogens is 214 g/mol. The maximum Gasteiger partial charge on any atom is 0.118 e. The fourth-order valence-corrected chi connectivity index (χ4v) is 1.69. The molecule has 1 aromatic carbocycles. The highest BCUT2D eigenvalue weighted by molar-refractivity contribution is 5.29. The van der Waals surface area contributed by atoms with Gasteiger partial charge in [-0.3, -0.25) is 4.98 Å². The Hall–Kier alpha value is -1.87. The molecule has 2 aromatic rings. The Bertz CT molecular complexity index is 453. The molecule has 1 heterocycles. The van der Waals surface area contributed by atoms with Crippen LogP contribution < -0.4 is 4.74 Å². The maximum absolute atomic E-state index is 10.1. The van der Waals surface area contributed by atoms with Crippen molar-refractivity contribution in [2.75, 3.05) is 7.11 Å². The van der Waals surface area contributed by atoms with Crippen LogP contribution >= 0.6 is 0 Å². The number of rotatable bonds is 4. The summed E-state index contributed by atoms with van der Waals surface area (Å²) in [6.45, 7) is 0. The fourth-order valence-electron chi connectivity index (χ4n) is 1.69. The molecule has 1 aromatic heterocycles. The molecule has 2 rings (SSSR count). The van der Waals surface area contributed by atoms with E-state index >= 15 is 0 Å². The second-order valence-corrected chi connectivity index (χ2v) is 3.85. The highest BCUT2D eigenvalue weighted by Crippen LogP contribution is 2.20. The molecule has 0 amide bonds. The summed E-state index contributed by atoms with van der Waals surface area (Å²) < 4.78 is 5.08. The first-order valence-corrected chi connectivity index (χ1v) is 5.50. The molecule has 0 fully saturated rings. The Morgan fingerprint density at radius 3 is 2.59 bits per heavy atom. The van der Waals surface area contributed by atoms with Gasteiger partial charge in [0.05, 0.1) is 13.2 Å². The Morgan fingerprint density at radius 1 is 1.24 bits per heavy atom. The van der Waals surface area contributed by atoms with E-state index < -0.39 is 6.10 Å². The molecule has 0 spiro atoms. The van der Waals surface area contributed by atoms with E-state index in [-0.39, 0.29) is 0 Å². The fraction of sp³-hybridized carbons (Fsp3) is 0.214. The standard InChI is InChI=1S/C14H15NO2/c1-17-13-6-4-12(5-7-13)14(16)9-11-3-2-8-15-10-11/h2-8,10,14,16H,9H2,1H3/t14-/m1/s1. The van der Waals surface area contributed by atoms with Crippen molar-refractivity contribution in [3.8, 4) is 5.75 Å². The zero-order valence-electron chi connectivity index (χ0n) is 9.71. The molecule has 0 unspecified atom stereocenters. The highest BCUT2D eigenvalue weighted by atomic mass is 16.5. The Balaban J connectivity index is 2.06. The normalized spacial score (nSPS) is 12.1. The number of nitrogens with zero attached hydrogens (tertiary/aromatic N) is 1. The molecular formula is C14H15NO2. The monoisotopic (exact) mass is 229 g/mol. The summed E-state index contributed by atoms with van der Waals surface area (Å²) in [5.74, 6) is 0.794. The van der Waals surface area contributed by atoms with E-state index in [0.717, 1.165) is 16.9 Å². The van der Waals surface area contributed by atoms with Crippen LogP contribution in [0, 0.1) is 0 Å². The number of methoxy groups -OCH3 is 1. The van der Waals surface area contributed by atoms with Crippen molar-refractivity contribution in [2.45, 2.75) is 12.5 Å². The first-order valence-electron chi connectivity index (χ1n) is 5.50. The Kier molecular flexibility index (Phi) is 3.73. The molecule has 0 saturated heterocycles. The molecule has 0 aliphatic heterocycles. The predicted molar refractivity (Wildman–Crippen MR) is 65.9 cm³/mol. The van der Waals surface area contributed by atoms with Gasteiger partial charge in [0.2, 0.25) is 0 Å². The topological polar surface area (TPSA) is 42.4 Å². The summed E-state index contributed by atoms with van der Waals surface area (Å²) in [5.41, 5.74) is 1.91. The van der Waals surface area contributed by atoms with E-state index in [1.807, 2.05) is 36.4 Å². The van der Waals surface area contributed by atoms with Gasteiger partial charge in [0.25, 0.3) is 0 Å². The minimum atomic E-state index is -0.509. The maximum atomic E-state index is 10.1. The molecule has 3 nitrogen and oxygen atoms in total. The van der Waals surface area contributed by atoms with Gasteiger partial charge in [-0.05, 0) is 29.3 Å². The van der Waals surface area contributed by atoms with Crippen molar-refractivity contribution in [1.82, 2.24) is 4.98 Å². The zero-order chi connectivity index (χ0) is 12.1. The molecule has 0 saturated carbocycles. The van der Waals surface area contributed by atoms with Crippen LogP contribution in [0.2, 0.25) is 0 Å². The minimum absolute atomic E-state index is 0.509. The number of benzene rings is 1. The SMILES string of the molecule is COc1ccc([C@H](O)Cc2cccnc2)cc1. The number of aliphatic hydroxyl groups is 1. The third-order valence-electron chi connectivity index (χ3n) is 2.65. The molecule has 88 valence electrons. The van der Waals surface area contributed by atoms with Crippen molar-refractivity contribution in [3.05, 3.63) is 59.9 Å². The van der Waals surface area contributed by atoms with Crippen LogP contribution in [0.3, 0.4) is 0 Å². The summed E-state index contributed by atoms with van der Waals surface area (Å²) in [7, 11) is 1.63. The third-order valence-corrected chi connectivity index (χ3v) is 2.65. The predicted octanol–water partition coefficient (Wildman–Crippen LogP) is 2.37. The number of aliphatic hydroxyl groups excluding tert-OH is 1. The van der Waals surface area contributed by atoms with Gasteiger partial charge in [-0.1, -0.05) is 18.2 Å². The van der Waals surface area contributed by atoms with Crippen molar-refractivity contribution in [2.24, 2.45) is 0 Å². The average molecular weight is 229 g/mol. The smallest absolute Gasteiger partial charge is 0.118 e. The molecule has 0 bridgehead atoms. The van der Waals surface area contributed by atoms with Crippen LogP contribution in [0.15, 0.2) is 48.8 Å². The highest BCUT2D eigenvalue weighted by Gasteiger charge is 2.08. The lowest BCUT2D eigenvalue weighted by Crippen LogP contribution is -2.01. The van der Waals surface area contributed by atoms with Gasteiger partial charge in [-0.25, -0.2) is 0 Å². The molecule has 0 aliphatic rings. The van der Waals surface area contributed by atoms with Crippen LogP contribution in [-0.4, -0.2) is 17.2 Å². The molecule has 1 atom stereocenters. The lowest BCUT2D eigenvalue weighted by molar-refractivity contribution is 0.178. The van der Waals surface area contributed by atoms with E-state index in [1.54, 1.807) is 19.5 Å². The van der Waals surface area contributed by atoms with Gasteiger partial charge in [-0.2, -0.15) is 0 Å². The van der Waals surface area contributed by atoms with E-state index in [9.17, 15) is 5.11 Å². The minimum Gasteiger partial charge on any atom is -0.497 e. The summed E-state index contributed by atoms with van der Waals surface area (Å²) in [5, 5.41) is 10.1. The van der Waals surface area contributed by atoms with E-state index in [4.69, 9.17) is 4.74 Å². The summed E-state index contributed by atoms with van der Waals surface area (Å²) in [4.78, 5) is 4.03. The quantitative estimate of drug-likeness (QED) is 0.875. The second-order valence-electron chi connectivity index (χ2n) is 3.85. The first-order chi connectivity index (χ1) is 8.29. The number of aromatic nitrogens is 1. The van der Waals surface area contributed by atoms with Gasteiger partial charge >= 0.3 is 0 Å². The van der Waals surface area contributed by atoms with Crippen molar-refractivity contribution in [3.63, 3.8) is 0 Å². The second kappa shape index (κ2) is 5.46. The van der Waals surface area contributed by atoms with Crippen molar-refractivity contribution in [1.29, 1.82) is 0 Å². The van der Waals surface area contributed by atoms with Crippen LogP contribution in [0.25, 0.3) is 0 Å². The summed E-state index contributed by atoms with van der Waals surface area (Å²) in [6.07, 6.45) is 3.56. The molecule has 17 heavy (non-hydrogen) atoms. The number of hydrogen-bond donors (Lipinski definition) is 1. The first kappa shape index (κ1) is 11.6. The molecule has 0 radical (unpaired) electrons. The molecule has 1 N–H and O–H groups in total. The van der Waals surface area contributed by atoms with Gasteiger partial charge in [-0.15, -0.1) is 0 Å². The van der Waals surface area contributed by atoms with Crippen molar-refractivity contribution < 1.29 is 9.84 Å².